The standard InChI is InChI=1S/C17H17BrN2O4S/c1-2-24-16(22)14(21)15-13(11-3-5-12(18)6-4-11)19-17(25-15)20-7-9-23-10-8-20/h3-6H,2,7-10H2,1H3. The third-order valence-corrected chi connectivity index (χ3v) is 5.33. The van der Waals surface area contributed by atoms with Crippen LogP contribution in [0, 0.1) is 0 Å². The van der Waals surface area contributed by atoms with Crippen molar-refractivity contribution < 1.29 is 19.1 Å². The molecule has 1 aliphatic heterocycles. The molecule has 2 aromatic rings. The van der Waals surface area contributed by atoms with Crippen molar-refractivity contribution in [2.75, 3.05) is 37.8 Å². The highest BCUT2D eigenvalue weighted by Crippen LogP contribution is 2.34. The van der Waals surface area contributed by atoms with Crippen LogP contribution in [0.2, 0.25) is 0 Å². The molecule has 0 amide bonds. The second kappa shape index (κ2) is 8.07. The van der Waals surface area contributed by atoms with Gasteiger partial charge < -0.3 is 14.4 Å². The van der Waals surface area contributed by atoms with Gasteiger partial charge in [-0.1, -0.05) is 39.4 Å². The number of ether oxygens (including phenoxy) is 2. The molecule has 1 aromatic heterocycles. The molecule has 3 rings (SSSR count). The summed E-state index contributed by atoms with van der Waals surface area (Å²) in [4.78, 5) is 31.5. The molecule has 0 atom stereocenters. The van der Waals surface area contributed by atoms with Crippen molar-refractivity contribution in [1.82, 2.24) is 4.98 Å². The quantitative estimate of drug-likeness (QED) is 0.417. The zero-order valence-electron chi connectivity index (χ0n) is 13.7. The van der Waals surface area contributed by atoms with E-state index in [0.717, 1.165) is 10.0 Å². The van der Waals surface area contributed by atoms with Gasteiger partial charge in [0.25, 0.3) is 5.78 Å². The van der Waals surface area contributed by atoms with Crippen molar-refractivity contribution in [3.05, 3.63) is 33.6 Å². The van der Waals surface area contributed by atoms with E-state index in [0.29, 0.717) is 42.0 Å². The van der Waals surface area contributed by atoms with Crippen molar-refractivity contribution in [2.45, 2.75) is 6.92 Å². The largest absolute Gasteiger partial charge is 0.460 e. The lowest BCUT2D eigenvalue weighted by atomic mass is 10.1. The lowest BCUT2D eigenvalue weighted by molar-refractivity contribution is -0.137. The number of Topliss-reactive ketones (excluding diaryl/α,β-unsaturated/α-hetero) is 1. The SMILES string of the molecule is CCOC(=O)C(=O)c1sc(N2CCOCC2)nc1-c1ccc(Br)cc1. The van der Waals surface area contributed by atoms with E-state index < -0.39 is 11.8 Å². The van der Waals surface area contributed by atoms with E-state index in [-0.39, 0.29) is 6.61 Å². The summed E-state index contributed by atoms with van der Waals surface area (Å²) < 4.78 is 11.2. The van der Waals surface area contributed by atoms with E-state index in [9.17, 15) is 9.59 Å². The van der Waals surface area contributed by atoms with E-state index in [1.54, 1.807) is 6.92 Å². The molecule has 0 N–H and O–H groups in total. The topological polar surface area (TPSA) is 68.7 Å². The summed E-state index contributed by atoms with van der Waals surface area (Å²) in [5, 5.41) is 0.717. The molecule has 6 nitrogen and oxygen atoms in total. The number of thiazole rings is 1. The van der Waals surface area contributed by atoms with Crippen molar-refractivity contribution in [2.24, 2.45) is 0 Å². The monoisotopic (exact) mass is 424 g/mol. The first kappa shape index (κ1) is 18.0. The molecule has 25 heavy (non-hydrogen) atoms. The number of hydrogen-bond donors (Lipinski definition) is 0. The highest BCUT2D eigenvalue weighted by atomic mass is 79.9. The zero-order valence-corrected chi connectivity index (χ0v) is 16.1. The molecule has 132 valence electrons. The second-order valence-electron chi connectivity index (χ2n) is 5.33. The summed E-state index contributed by atoms with van der Waals surface area (Å²) in [7, 11) is 0. The Morgan fingerprint density at radius 2 is 1.96 bits per heavy atom. The smallest absolute Gasteiger partial charge is 0.380 e. The molecule has 2 heterocycles. The number of esters is 1. The van der Waals surface area contributed by atoms with E-state index >= 15 is 0 Å². The first-order chi connectivity index (χ1) is 12.1. The van der Waals surface area contributed by atoms with Crippen molar-refractivity contribution in [3.8, 4) is 11.3 Å². The van der Waals surface area contributed by atoms with Gasteiger partial charge in [0.2, 0.25) is 0 Å². The molecule has 0 bridgehead atoms. The van der Waals surface area contributed by atoms with Crippen molar-refractivity contribution in [1.29, 1.82) is 0 Å². The molecule has 8 heteroatoms. The summed E-state index contributed by atoms with van der Waals surface area (Å²) in [5.41, 5.74) is 1.30. The van der Waals surface area contributed by atoms with Crippen LogP contribution in [-0.4, -0.2) is 49.6 Å². The third-order valence-electron chi connectivity index (χ3n) is 3.68. The Kier molecular flexibility index (Phi) is 5.82. The molecule has 1 fully saturated rings. The summed E-state index contributed by atoms with van der Waals surface area (Å²) in [6.07, 6.45) is 0. The Hall–Kier alpha value is -1.77. The van der Waals surface area contributed by atoms with Crippen molar-refractivity contribution >= 4 is 44.2 Å². The number of aromatic nitrogens is 1. The van der Waals surface area contributed by atoms with Gasteiger partial charge in [0.1, 0.15) is 4.88 Å². The van der Waals surface area contributed by atoms with Crippen LogP contribution in [0.1, 0.15) is 16.6 Å². The second-order valence-corrected chi connectivity index (χ2v) is 7.22. The number of nitrogens with zero attached hydrogens (tertiary/aromatic N) is 2. The van der Waals surface area contributed by atoms with E-state index in [4.69, 9.17) is 9.47 Å². The summed E-state index contributed by atoms with van der Waals surface area (Å²) in [5.74, 6) is -1.50. The van der Waals surface area contributed by atoms with E-state index in [1.807, 2.05) is 24.3 Å². The molecular weight excluding hydrogens is 408 g/mol. The maximum atomic E-state index is 12.5. The molecule has 0 aliphatic carbocycles. The van der Waals surface area contributed by atoms with Crippen LogP contribution in [0.15, 0.2) is 28.7 Å². The first-order valence-electron chi connectivity index (χ1n) is 7.91. The predicted octanol–water partition coefficient (Wildman–Crippen LogP) is 3.16. The normalized spacial score (nSPS) is 14.4. The molecule has 1 saturated heterocycles. The number of halogens is 1. The highest BCUT2D eigenvalue weighted by Gasteiger charge is 2.28. The molecule has 1 aliphatic rings. The Balaban J connectivity index is 2.00. The van der Waals surface area contributed by atoms with E-state index in [2.05, 4.69) is 25.8 Å². The van der Waals surface area contributed by atoms with Gasteiger partial charge in [0.15, 0.2) is 5.13 Å². The minimum atomic E-state index is -0.849. The van der Waals surface area contributed by atoms with Crippen LogP contribution in [0.5, 0.6) is 0 Å². The number of carbonyl (C=O) groups is 2. The molecule has 0 spiro atoms. The van der Waals surface area contributed by atoms with Crippen LogP contribution in [0.4, 0.5) is 5.13 Å². The number of anilines is 1. The average Bonchev–Trinajstić information content (AvgIpc) is 3.08. The predicted molar refractivity (Wildman–Crippen MR) is 99.2 cm³/mol. The molecule has 1 aromatic carbocycles. The van der Waals surface area contributed by atoms with Crippen LogP contribution < -0.4 is 4.90 Å². The minimum absolute atomic E-state index is 0.160. The Bertz CT molecular complexity index is 769. The molecule has 0 saturated carbocycles. The molecule has 0 radical (unpaired) electrons. The maximum absolute atomic E-state index is 12.5. The fraction of sp³-hybridized carbons (Fsp3) is 0.353. The summed E-state index contributed by atoms with van der Waals surface area (Å²) in [6, 6.07) is 7.48. The lowest BCUT2D eigenvalue weighted by Gasteiger charge is -2.26. The fourth-order valence-corrected chi connectivity index (χ4v) is 3.78. The van der Waals surface area contributed by atoms with Gasteiger partial charge >= 0.3 is 5.97 Å². The highest BCUT2D eigenvalue weighted by molar-refractivity contribution is 9.10. The van der Waals surface area contributed by atoms with Gasteiger partial charge in [-0.15, -0.1) is 0 Å². The van der Waals surface area contributed by atoms with Crippen LogP contribution >= 0.6 is 27.3 Å². The number of hydrogen-bond acceptors (Lipinski definition) is 7. The lowest BCUT2D eigenvalue weighted by Crippen LogP contribution is -2.36. The number of morpholine rings is 1. The molecule has 0 unspecified atom stereocenters. The summed E-state index contributed by atoms with van der Waals surface area (Å²) >= 11 is 4.62. The molecular formula is C17H17BrN2O4S. The van der Waals surface area contributed by atoms with Gasteiger partial charge in [0, 0.05) is 23.1 Å². The fourth-order valence-electron chi connectivity index (χ4n) is 2.45. The van der Waals surface area contributed by atoms with Gasteiger partial charge in [0.05, 0.1) is 25.5 Å². The average molecular weight is 425 g/mol. The maximum Gasteiger partial charge on any atom is 0.380 e. The van der Waals surface area contributed by atoms with Gasteiger partial charge in [-0.25, -0.2) is 9.78 Å². The van der Waals surface area contributed by atoms with Crippen LogP contribution in [0.25, 0.3) is 11.3 Å². The summed E-state index contributed by atoms with van der Waals surface area (Å²) in [6.45, 7) is 4.49. The van der Waals surface area contributed by atoms with Gasteiger partial charge in [-0.05, 0) is 19.1 Å². The third kappa shape index (κ3) is 4.08. The first-order valence-corrected chi connectivity index (χ1v) is 9.52. The van der Waals surface area contributed by atoms with Crippen molar-refractivity contribution in [3.63, 3.8) is 0 Å². The van der Waals surface area contributed by atoms with Crippen LogP contribution in [-0.2, 0) is 14.3 Å². The van der Waals surface area contributed by atoms with E-state index in [1.165, 1.54) is 11.3 Å². The number of rotatable bonds is 5. The van der Waals surface area contributed by atoms with Crippen LogP contribution in [0.3, 0.4) is 0 Å². The van der Waals surface area contributed by atoms with Gasteiger partial charge in [-0.3, -0.25) is 4.79 Å². The number of carbonyl (C=O) groups excluding carboxylic acids is 2. The van der Waals surface area contributed by atoms with Gasteiger partial charge in [-0.2, -0.15) is 0 Å². The zero-order chi connectivity index (χ0) is 17.8. The minimum Gasteiger partial charge on any atom is -0.460 e. The number of ketones is 1. The Morgan fingerprint density at radius 3 is 2.60 bits per heavy atom. The Morgan fingerprint density at radius 1 is 1.28 bits per heavy atom. The Labute approximate surface area is 157 Å². The number of benzene rings is 1.